The second-order valence-electron chi connectivity index (χ2n) is 20.0. The first kappa shape index (κ1) is 65.3. The van der Waals surface area contributed by atoms with E-state index in [1.807, 2.05) is 6.08 Å². The molecule has 0 aromatic rings. The SMILES string of the molecule is CCCCC/C=C/C(O)C(COC1OC(CO)C(OC2OC(CO)C(OC3OC(CO)C(O)C(O)C3O)C(O)C2O)C(O)C1O)NC(=O)CCCCCCCCCCCCC/C=C\C/C=C\CCCCCCC. The third kappa shape index (κ3) is 23.7. The van der Waals surface area contributed by atoms with Gasteiger partial charge in [-0.05, 0) is 51.4 Å². The number of carbonyl (C=O) groups excluding carboxylic acids is 1. The van der Waals surface area contributed by atoms with Crippen molar-refractivity contribution in [3.05, 3.63) is 36.5 Å². The molecule has 0 spiro atoms. The first-order chi connectivity index (χ1) is 35.3. The summed E-state index contributed by atoms with van der Waals surface area (Å²) in [5, 5.41) is 119. The lowest BCUT2D eigenvalue weighted by Crippen LogP contribution is -2.66. The van der Waals surface area contributed by atoms with Gasteiger partial charge in [0.05, 0.1) is 38.6 Å². The maximum Gasteiger partial charge on any atom is 0.220 e. The molecule has 3 heterocycles. The van der Waals surface area contributed by atoms with Crippen LogP contribution in [0.1, 0.15) is 168 Å². The van der Waals surface area contributed by atoms with Crippen LogP contribution in [-0.4, -0.2) is 193 Å². The Hall–Kier alpha value is -1.99. The molecule has 19 nitrogen and oxygen atoms in total. The van der Waals surface area contributed by atoms with Crippen molar-refractivity contribution in [2.24, 2.45) is 0 Å². The number of hydrogen-bond donors (Lipinski definition) is 12. The number of allylic oxidation sites excluding steroid dienone is 5. The summed E-state index contributed by atoms with van der Waals surface area (Å²) >= 11 is 0. The summed E-state index contributed by atoms with van der Waals surface area (Å²) in [7, 11) is 0. The molecule has 0 aliphatic carbocycles. The summed E-state index contributed by atoms with van der Waals surface area (Å²) < 4.78 is 34.0. The molecular weight excluding hydrogens is 951 g/mol. The molecule has 426 valence electrons. The standard InChI is InChI=1S/C54H97NO18/c1-3-5-7-9-10-11-12-13-14-15-16-17-18-19-20-21-22-23-24-25-26-28-30-32-42(60)55-37(38(59)31-29-27-8-6-4-2)36-68-52-48(66)45(63)50(40(34-57)70-52)73-54-49(67)46(64)51(41(35-58)71-54)72-53-47(65)44(62)43(61)39(33-56)69-53/h12-13,15-16,29,31,37-41,43-54,56-59,61-67H,3-11,14,17-28,30,32-36H2,1-2H3,(H,55,60)/b13-12-,16-15-,31-29+. The Kier molecular flexibility index (Phi) is 34.5. The van der Waals surface area contributed by atoms with Gasteiger partial charge in [-0.25, -0.2) is 0 Å². The Morgan fingerprint density at radius 2 is 0.904 bits per heavy atom. The molecule has 1 amide bonds. The van der Waals surface area contributed by atoms with E-state index in [0.29, 0.717) is 6.42 Å². The highest BCUT2D eigenvalue weighted by Crippen LogP contribution is 2.33. The van der Waals surface area contributed by atoms with E-state index >= 15 is 0 Å². The second-order valence-corrected chi connectivity index (χ2v) is 20.0. The normalized spacial score (nSPS) is 32.0. The third-order valence-electron chi connectivity index (χ3n) is 13.9. The Labute approximate surface area is 434 Å². The molecule has 3 aliphatic heterocycles. The molecule has 3 aliphatic rings. The summed E-state index contributed by atoms with van der Waals surface area (Å²) in [4.78, 5) is 13.2. The van der Waals surface area contributed by atoms with E-state index in [1.54, 1.807) is 6.08 Å². The summed E-state index contributed by atoms with van der Waals surface area (Å²) in [6.45, 7) is 1.56. The fourth-order valence-electron chi connectivity index (χ4n) is 9.28. The number of nitrogens with one attached hydrogen (secondary N) is 1. The van der Waals surface area contributed by atoms with Gasteiger partial charge in [0.2, 0.25) is 5.91 Å². The van der Waals surface area contributed by atoms with Gasteiger partial charge in [0.15, 0.2) is 18.9 Å². The highest BCUT2D eigenvalue weighted by atomic mass is 16.8. The summed E-state index contributed by atoms with van der Waals surface area (Å²) in [6.07, 6.45) is 12.1. The number of aliphatic hydroxyl groups excluding tert-OH is 11. The Balaban J connectivity index is 1.41. The molecule has 17 atom stereocenters. The van der Waals surface area contributed by atoms with Crippen LogP contribution in [0.15, 0.2) is 36.5 Å². The van der Waals surface area contributed by atoms with Gasteiger partial charge >= 0.3 is 0 Å². The molecule has 3 fully saturated rings. The third-order valence-corrected chi connectivity index (χ3v) is 13.9. The van der Waals surface area contributed by atoms with Gasteiger partial charge in [-0.15, -0.1) is 0 Å². The molecule has 12 N–H and O–H groups in total. The molecule has 73 heavy (non-hydrogen) atoms. The zero-order chi connectivity index (χ0) is 53.4. The van der Waals surface area contributed by atoms with Crippen LogP contribution >= 0.6 is 0 Å². The topological polar surface area (TPSA) is 307 Å². The van der Waals surface area contributed by atoms with E-state index in [1.165, 1.54) is 83.5 Å². The van der Waals surface area contributed by atoms with Gasteiger partial charge < -0.3 is 89.9 Å². The van der Waals surface area contributed by atoms with Crippen LogP contribution in [0.4, 0.5) is 0 Å². The summed E-state index contributed by atoms with van der Waals surface area (Å²) in [5.41, 5.74) is 0. The maximum atomic E-state index is 13.2. The first-order valence-electron chi connectivity index (χ1n) is 27.7. The minimum atomic E-state index is -1.98. The summed E-state index contributed by atoms with van der Waals surface area (Å²) in [5.74, 6) is -0.287. The number of amides is 1. The van der Waals surface area contributed by atoms with E-state index in [9.17, 15) is 61.0 Å². The van der Waals surface area contributed by atoms with Gasteiger partial charge in [0.1, 0.15) is 73.2 Å². The molecule has 3 saturated heterocycles. The van der Waals surface area contributed by atoms with Gasteiger partial charge in [0, 0.05) is 6.42 Å². The lowest BCUT2D eigenvalue weighted by molar-refractivity contribution is -0.379. The fourth-order valence-corrected chi connectivity index (χ4v) is 9.28. The van der Waals surface area contributed by atoms with Crippen LogP contribution in [0.2, 0.25) is 0 Å². The number of carbonyl (C=O) groups is 1. The van der Waals surface area contributed by atoms with Gasteiger partial charge in [-0.1, -0.05) is 147 Å². The monoisotopic (exact) mass is 1050 g/mol. The fraction of sp³-hybridized carbons (Fsp3) is 0.870. The van der Waals surface area contributed by atoms with Crippen molar-refractivity contribution in [1.82, 2.24) is 5.32 Å². The molecule has 19 heteroatoms. The second kappa shape index (κ2) is 38.5. The maximum absolute atomic E-state index is 13.2. The quantitative estimate of drug-likeness (QED) is 0.0310. The molecule has 0 bridgehead atoms. The van der Waals surface area contributed by atoms with Crippen molar-refractivity contribution in [3.63, 3.8) is 0 Å². The van der Waals surface area contributed by atoms with E-state index in [0.717, 1.165) is 57.8 Å². The van der Waals surface area contributed by atoms with Gasteiger partial charge in [0.25, 0.3) is 0 Å². The first-order valence-corrected chi connectivity index (χ1v) is 27.7. The van der Waals surface area contributed by atoms with Crippen LogP contribution in [0, 0.1) is 0 Å². The average molecular weight is 1050 g/mol. The Morgan fingerprint density at radius 3 is 1.42 bits per heavy atom. The smallest absolute Gasteiger partial charge is 0.220 e. The van der Waals surface area contributed by atoms with E-state index in [4.69, 9.17) is 28.4 Å². The molecule has 0 radical (unpaired) electrons. The van der Waals surface area contributed by atoms with Gasteiger partial charge in [-0.2, -0.15) is 0 Å². The molecule has 3 rings (SSSR count). The van der Waals surface area contributed by atoms with E-state index < -0.39 is 124 Å². The molecule has 0 aromatic heterocycles. The average Bonchev–Trinajstić information content (AvgIpc) is 3.38. The largest absolute Gasteiger partial charge is 0.394 e. The van der Waals surface area contributed by atoms with Crippen molar-refractivity contribution in [2.45, 2.75) is 272 Å². The lowest BCUT2D eigenvalue weighted by atomic mass is 9.96. The minimum Gasteiger partial charge on any atom is -0.394 e. The van der Waals surface area contributed by atoms with Crippen LogP contribution in [-0.2, 0) is 33.2 Å². The predicted molar refractivity (Wildman–Crippen MR) is 272 cm³/mol. The number of ether oxygens (including phenoxy) is 6. The van der Waals surface area contributed by atoms with Crippen LogP contribution in [0.3, 0.4) is 0 Å². The van der Waals surface area contributed by atoms with E-state index in [2.05, 4.69) is 43.5 Å². The zero-order valence-electron chi connectivity index (χ0n) is 43.9. The van der Waals surface area contributed by atoms with Crippen LogP contribution < -0.4 is 5.32 Å². The number of aliphatic hydroxyl groups is 11. The van der Waals surface area contributed by atoms with E-state index in [-0.39, 0.29) is 18.9 Å². The molecule has 0 saturated carbocycles. The van der Waals surface area contributed by atoms with Crippen LogP contribution in [0.25, 0.3) is 0 Å². The minimum absolute atomic E-state index is 0.239. The van der Waals surface area contributed by atoms with Crippen molar-refractivity contribution in [1.29, 1.82) is 0 Å². The number of unbranched alkanes of at least 4 members (excludes halogenated alkanes) is 19. The van der Waals surface area contributed by atoms with Crippen LogP contribution in [0.5, 0.6) is 0 Å². The summed E-state index contributed by atoms with van der Waals surface area (Å²) in [6, 6.07) is -0.969. The van der Waals surface area contributed by atoms with Crippen molar-refractivity contribution >= 4 is 5.91 Å². The zero-order valence-corrected chi connectivity index (χ0v) is 43.9. The Bertz CT molecular complexity index is 1490. The molecule has 17 unspecified atom stereocenters. The predicted octanol–water partition coefficient (Wildman–Crippen LogP) is 3.37. The lowest BCUT2D eigenvalue weighted by Gasteiger charge is -2.48. The number of rotatable bonds is 39. The Morgan fingerprint density at radius 1 is 0.493 bits per heavy atom. The van der Waals surface area contributed by atoms with Crippen molar-refractivity contribution < 1.29 is 89.4 Å². The van der Waals surface area contributed by atoms with Crippen molar-refractivity contribution in [3.8, 4) is 0 Å². The highest BCUT2D eigenvalue weighted by Gasteiger charge is 2.53. The van der Waals surface area contributed by atoms with Crippen molar-refractivity contribution in [2.75, 3.05) is 26.4 Å². The molecule has 0 aromatic carbocycles. The highest BCUT2D eigenvalue weighted by molar-refractivity contribution is 5.76. The molecular formula is C54H97NO18. The van der Waals surface area contributed by atoms with Gasteiger partial charge in [-0.3, -0.25) is 4.79 Å². The number of hydrogen-bond acceptors (Lipinski definition) is 18.